The third-order valence-electron chi connectivity index (χ3n) is 3.31. The highest BCUT2D eigenvalue weighted by Crippen LogP contribution is 2.23. The number of hydrazine groups is 1. The fourth-order valence-corrected chi connectivity index (χ4v) is 2.53. The second-order valence-corrected chi connectivity index (χ2v) is 6.07. The van der Waals surface area contributed by atoms with Crippen LogP contribution in [0.2, 0.25) is 0 Å². The number of anilines is 1. The van der Waals surface area contributed by atoms with Crippen LogP contribution in [0, 0.1) is 0 Å². The van der Waals surface area contributed by atoms with Gasteiger partial charge < -0.3 is 10.2 Å². The number of rotatable bonds is 9. The maximum absolute atomic E-state index is 5.91. The van der Waals surface area contributed by atoms with Gasteiger partial charge in [0.15, 0.2) is 0 Å². The summed E-state index contributed by atoms with van der Waals surface area (Å²) in [6, 6.07) is 16.2. The molecule has 2 N–H and O–H groups in total. The van der Waals surface area contributed by atoms with Gasteiger partial charge in [-0.25, -0.2) is 5.43 Å². The molecule has 0 saturated carbocycles. The lowest BCUT2D eigenvalue weighted by Gasteiger charge is -2.14. The van der Waals surface area contributed by atoms with Gasteiger partial charge in [0.05, 0.1) is 6.61 Å². The smallest absolute Gasteiger partial charge is 0.123 e. The molecule has 0 saturated heterocycles. The van der Waals surface area contributed by atoms with E-state index in [1.807, 2.05) is 42.5 Å². The number of nitrogens with one attached hydrogen (secondary N) is 2. The zero-order valence-corrected chi connectivity index (χ0v) is 14.5. The number of hydrogen-bond acceptors (Lipinski definition) is 3. The molecule has 0 amide bonds. The molecule has 0 aliphatic carbocycles. The first-order chi connectivity index (χ1) is 10.8. The highest BCUT2D eigenvalue weighted by Gasteiger charge is 2.04. The third kappa shape index (κ3) is 5.70. The van der Waals surface area contributed by atoms with E-state index >= 15 is 0 Å². The molecule has 4 heteroatoms. The van der Waals surface area contributed by atoms with Crippen LogP contribution in [0.15, 0.2) is 53.0 Å². The summed E-state index contributed by atoms with van der Waals surface area (Å²) in [5.41, 5.74) is 8.61. The molecule has 118 valence electrons. The molecule has 2 aromatic rings. The van der Waals surface area contributed by atoms with Gasteiger partial charge in [0.1, 0.15) is 5.75 Å². The van der Waals surface area contributed by atoms with E-state index in [1.54, 1.807) is 0 Å². The van der Waals surface area contributed by atoms with Crippen molar-refractivity contribution in [3.05, 3.63) is 58.6 Å². The molecule has 0 aliphatic heterocycles. The van der Waals surface area contributed by atoms with E-state index in [-0.39, 0.29) is 0 Å². The average molecular weight is 363 g/mol. The Balaban J connectivity index is 1.89. The maximum atomic E-state index is 5.91. The third-order valence-corrected chi connectivity index (χ3v) is 3.81. The van der Waals surface area contributed by atoms with Crippen LogP contribution in [-0.4, -0.2) is 6.61 Å². The van der Waals surface area contributed by atoms with Gasteiger partial charge in [-0.1, -0.05) is 53.9 Å². The summed E-state index contributed by atoms with van der Waals surface area (Å²) in [5.74, 6) is 0.946. The van der Waals surface area contributed by atoms with Crippen LogP contribution < -0.4 is 15.6 Å². The molecule has 0 spiro atoms. The predicted molar refractivity (Wildman–Crippen MR) is 96.1 cm³/mol. The Morgan fingerprint density at radius 2 is 1.86 bits per heavy atom. The summed E-state index contributed by atoms with van der Waals surface area (Å²) in [6.45, 7) is 3.66. The molecule has 0 aromatic heterocycles. The number of halogens is 1. The Morgan fingerprint density at radius 1 is 1.05 bits per heavy atom. The van der Waals surface area contributed by atoms with E-state index < -0.39 is 0 Å². The van der Waals surface area contributed by atoms with Crippen LogP contribution in [0.1, 0.15) is 31.7 Å². The summed E-state index contributed by atoms with van der Waals surface area (Å²) < 4.78 is 6.97. The van der Waals surface area contributed by atoms with Crippen molar-refractivity contribution < 1.29 is 4.74 Å². The largest absolute Gasteiger partial charge is 0.493 e. The van der Waals surface area contributed by atoms with Crippen molar-refractivity contribution in [2.24, 2.45) is 0 Å². The Hall–Kier alpha value is -1.52. The quantitative estimate of drug-likeness (QED) is 0.478. The van der Waals surface area contributed by atoms with E-state index in [0.29, 0.717) is 6.54 Å². The van der Waals surface area contributed by atoms with Gasteiger partial charge in [0.25, 0.3) is 0 Å². The first kappa shape index (κ1) is 16.8. The minimum absolute atomic E-state index is 0.692. The number of benzene rings is 2. The van der Waals surface area contributed by atoms with Gasteiger partial charge in [0, 0.05) is 22.3 Å². The number of para-hydroxylation sites is 1. The summed E-state index contributed by atoms with van der Waals surface area (Å²) in [4.78, 5) is 0. The Kier molecular flexibility index (Phi) is 7.26. The van der Waals surface area contributed by atoms with E-state index in [9.17, 15) is 0 Å². The van der Waals surface area contributed by atoms with Crippen LogP contribution in [0.4, 0.5) is 5.69 Å². The zero-order valence-electron chi connectivity index (χ0n) is 12.9. The van der Waals surface area contributed by atoms with Gasteiger partial charge in [0.2, 0.25) is 0 Å². The van der Waals surface area contributed by atoms with Crippen molar-refractivity contribution in [3.63, 3.8) is 0 Å². The highest BCUT2D eigenvalue weighted by molar-refractivity contribution is 9.10. The van der Waals surface area contributed by atoms with Gasteiger partial charge >= 0.3 is 0 Å². The van der Waals surface area contributed by atoms with Gasteiger partial charge in [-0.3, -0.25) is 0 Å². The van der Waals surface area contributed by atoms with E-state index in [1.165, 1.54) is 12.8 Å². The maximum Gasteiger partial charge on any atom is 0.123 e. The summed E-state index contributed by atoms with van der Waals surface area (Å²) >= 11 is 3.52. The summed E-state index contributed by atoms with van der Waals surface area (Å²) in [5, 5.41) is 0. The molecule has 2 rings (SSSR count). The van der Waals surface area contributed by atoms with Gasteiger partial charge in [-0.05, 0) is 36.8 Å². The molecule has 22 heavy (non-hydrogen) atoms. The van der Waals surface area contributed by atoms with Gasteiger partial charge in [-0.2, -0.15) is 0 Å². The van der Waals surface area contributed by atoms with Crippen LogP contribution >= 0.6 is 15.9 Å². The first-order valence-corrected chi connectivity index (χ1v) is 8.54. The van der Waals surface area contributed by atoms with E-state index in [0.717, 1.165) is 34.5 Å². The van der Waals surface area contributed by atoms with Crippen molar-refractivity contribution in [1.29, 1.82) is 0 Å². The number of hydrogen-bond donors (Lipinski definition) is 2. The highest BCUT2D eigenvalue weighted by atomic mass is 79.9. The van der Waals surface area contributed by atoms with Crippen LogP contribution in [-0.2, 0) is 6.54 Å². The molecule has 0 fully saturated rings. The lowest BCUT2D eigenvalue weighted by molar-refractivity contribution is 0.302. The molecule has 0 unspecified atom stereocenters. The topological polar surface area (TPSA) is 33.3 Å². The van der Waals surface area contributed by atoms with Crippen LogP contribution in [0.5, 0.6) is 5.75 Å². The van der Waals surface area contributed by atoms with Crippen molar-refractivity contribution >= 4 is 21.6 Å². The average Bonchev–Trinajstić information content (AvgIpc) is 2.54. The molecule has 2 aromatic carbocycles. The Morgan fingerprint density at radius 3 is 2.64 bits per heavy atom. The zero-order chi connectivity index (χ0) is 15.6. The standard InChI is InChI=1S/C18H23BrN2O/c1-2-3-7-12-22-18-11-10-16(19)13-15(18)14-20-21-17-8-5-4-6-9-17/h4-6,8-11,13,20-21H,2-3,7,12,14H2,1H3. The monoisotopic (exact) mass is 362 g/mol. The minimum Gasteiger partial charge on any atom is -0.493 e. The summed E-state index contributed by atoms with van der Waals surface area (Å²) in [6.07, 6.45) is 3.51. The van der Waals surface area contributed by atoms with Crippen LogP contribution in [0.3, 0.4) is 0 Å². The fraction of sp³-hybridized carbons (Fsp3) is 0.333. The van der Waals surface area contributed by atoms with E-state index in [2.05, 4.69) is 39.8 Å². The van der Waals surface area contributed by atoms with E-state index in [4.69, 9.17) is 4.74 Å². The predicted octanol–water partition coefficient (Wildman–Crippen LogP) is 5.13. The molecular formula is C18H23BrN2O. The fourth-order valence-electron chi connectivity index (χ4n) is 2.12. The van der Waals surface area contributed by atoms with Crippen molar-refractivity contribution in [2.75, 3.05) is 12.0 Å². The summed E-state index contributed by atoms with van der Waals surface area (Å²) in [7, 11) is 0. The second kappa shape index (κ2) is 9.49. The van der Waals surface area contributed by atoms with Crippen LogP contribution in [0.25, 0.3) is 0 Å². The van der Waals surface area contributed by atoms with Crippen molar-refractivity contribution in [3.8, 4) is 5.75 Å². The number of ether oxygens (including phenoxy) is 1. The Labute approximate surface area is 141 Å². The second-order valence-electron chi connectivity index (χ2n) is 5.15. The van der Waals surface area contributed by atoms with Crippen molar-refractivity contribution in [2.45, 2.75) is 32.7 Å². The Bertz CT molecular complexity index is 560. The molecule has 0 radical (unpaired) electrons. The molecule has 0 atom stereocenters. The van der Waals surface area contributed by atoms with Crippen molar-refractivity contribution in [1.82, 2.24) is 5.43 Å². The number of unbranched alkanes of at least 4 members (excludes halogenated alkanes) is 2. The molecular weight excluding hydrogens is 340 g/mol. The molecule has 0 aliphatic rings. The molecule has 3 nitrogen and oxygen atoms in total. The SMILES string of the molecule is CCCCCOc1ccc(Br)cc1CNNc1ccccc1. The normalized spacial score (nSPS) is 10.5. The lowest BCUT2D eigenvalue weighted by Crippen LogP contribution is -2.21. The minimum atomic E-state index is 0.692. The van der Waals surface area contributed by atoms with Gasteiger partial charge in [-0.15, -0.1) is 0 Å². The first-order valence-electron chi connectivity index (χ1n) is 7.74. The molecule has 0 bridgehead atoms. The molecule has 0 heterocycles. The lowest BCUT2D eigenvalue weighted by atomic mass is 10.2.